The van der Waals surface area contributed by atoms with Gasteiger partial charge in [-0.25, -0.2) is 0 Å². The maximum Gasteiger partial charge on any atom is 0.232 e. The summed E-state index contributed by atoms with van der Waals surface area (Å²) in [4.78, 5) is 29.3. The van der Waals surface area contributed by atoms with Crippen molar-refractivity contribution < 1.29 is 9.59 Å². The van der Waals surface area contributed by atoms with Gasteiger partial charge >= 0.3 is 0 Å². The lowest BCUT2D eigenvalue weighted by Gasteiger charge is -2.32. The van der Waals surface area contributed by atoms with Gasteiger partial charge in [0, 0.05) is 36.9 Å². The number of amides is 2. The summed E-state index contributed by atoms with van der Waals surface area (Å²) in [5.74, 6) is 0.0472. The minimum atomic E-state index is -0.203. The standard InChI is InChI=1S/C19H25N3O2/c20-16-8-3-9-17-15(16)7-4-10-21(17)19(24)13-11-18(23)22(12-13)14-5-1-2-6-14/h3,8-9,13-14H,1-2,4-7,10-12,20H2. The Bertz CT molecular complexity index is 667. The van der Waals surface area contributed by atoms with Crippen molar-refractivity contribution in [1.82, 2.24) is 4.90 Å². The average Bonchev–Trinajstić information content (AvgIpc) is 3.23. The van der Waals surface area contributed by atoms with Crippen LogP contribution in [0.1, 0.15) is 44.1 Å². The summed E-state index contributed by atoms with van der Waals surface area (Å²) in [6.07, 6.45) is 6.80. The van der Waals surface area contributed by atoms with E-state index in [0.717, 1.165) is 49.2 Å². The number of nitrogens with zero attached hydrogens (tertiary/aromatic N) is 2. The largest absolute Gasteiger partial charge is 0.398 e. The van der Waals surface area contributed by atoms with Crippen LogP contribution >= 0.6 is 0 Å². The Balaban J connectivity index is 1.53. The summed E-state index contributed by atoms with van der Waals surface area (Å²) in [6.45, 7) is 1.32. The van der Waals surface area contributed by atoms with Crippen molar-refractivity contribution >= 4 is 23.2 Å². The predicted octanol–water partition coefficient (Wildman–Crippen LogP) is 2.34. The van der Waals surface area contributed by atoms with Gasteiger partial charge in [-0.15, -0.1) is 0 Å². The summed E-state index contributed by atoms with van der Waals surface area (Å²) in [5, 5.41) is 0. The highest BCUT2D eigenvalue weighted by Crippen LogP contribution is 2.35. The number of nitrogens with two attached hydrogens (primary N) is 1. The van der Waals surface area contributed by atoms with Crippen LogP contribution in [-0.2, 0) is 16.0 Å². The first-order valence-electron chi connectivity index (χ1n) is 9.13. The van der Waals surface area contributed by atoms with Gasteiger partial charge in [-0.05, 0) is 43.4 Å². The Morgan fingerprint density at radius 1 is 1.17 bits per heavy atom. The molecule has 1 aromatic rings. The van der Waals surface area contributed by atoms with Crippen LogP contribution in [0.5, 0.6) is 0 Å². The molecule has 1 unspecified atom stereocenters. The highest BCUT2D eigenvalue weighted by atomic mass is 16.2. The fourth-order valence-electron chi connectivity index (χ4n) is 4.57. The third-order valence-electron chi connectivity index (χ3n) is 5.83. The highest BCUT2D eigenvalue weighted by molar-refractivity contribution is 6.00. The third kappa shape index (κ3) is 2.56. The van der Waals surface area contributed by atoms with Crippen molar-refractivity contribution in [2.75, 3.05) is 23.7 Å². The van der Waals surface area contributed by atoms with E-state index in [4.69, 9.17) is 5.73 Å². The molecule has 1 saturated heterocycles. The number of likely N-dealkylation sites (tertiary alicyclic amines) is 1. The van der Waals surface area contributed by atoms with Crippen LogP contribution in [0, 0.1) is 5.92 Å². The van der Waals surface area contributed by atoms with E-state index < -0.39 is 0 Å². The van der Waals surface area contributed by atoms with Crippen LogP contribution in [0.4, 0.5) is 11.4 Å². The van der Waals surface area contributed by atoms with Crippen LogP contribution < -0.4 is 10.6 Å². The van der Waals surface area contributed by atoms with Gasteiger partial charge in [-0.1, -0.05) is 18.9 Å². The average molecular weight is 327 g/mol. The molecule has 0 spiro atoms. The van der Waals surface area contributed by atoms with E-state index in [9.17, 15) is 9.59 Å². The third-order valence-corrected chi connectivity index (χ3v) is 5.83. The second-order valence-electron chi connectivity index (χ2n) is 7.32. The summed E-state index contributed by atoms with van der Waals surface area (Å²) in [6, 6.07) is 6.14. The molecule has 2 N–H and O–H groups in total. The Hall–Kier alpha value is -2.04. The number of hydrogen-bond donors (Lipinski definition) is 1. The van der Waals surface area contributed by atoms with Crippen LogP contribution in [-0.4, -0.2) is 35.8 Å². The smallest absolute Gasteiger partial charge is 0.232 e. The minimum absolute atomic E-state index is 0.0930. The Morgan fingerprint density at radius 2 is 1.96 bits per heavy atom. The van der Waals surface area contributed by atoms with E-state index in [1.54, 1.807) is 0 Å². The molecule has 1 saturated carbocycles. The zero-order chi connectivity index (χ0) is 16.7. The normalized spacial score (nSPS) is 24.5. The van der Waals surface area contributed by atoms with Gasteiger partial charge in [0.15, 0.2) is 0 Å². The first kappa shape index (κ1) is 15.5. The molecule has 128 valence electrons. The Kier molecular flexibility index (Phi) is 3.94. The molecule has 0 radical (unpaired) electrons. The number of benzene rings is 1. The molecule has 1 aliphatic carbocycles. The lowest BCUT2D eigenvalue weighted by Crippen LogP contribution is -2.41. The molecule has 1 atom stereocenters. The Labute approximate surface area is 142 Å². The second kappa shape index (κ2) is 6.11. The first-order valence-corrected chi connectivity index (χ1v) is 9.13. The van der Waals surface area contributed by atoms with Crippen LogP contribution in [0.3, 0.4) is 0 Å². The van der Waals surface area contributed by atoms with Crippen molar-refractivity contribution in [1.29, 1.82) is 0 Å². The highest BCUT2D eigenvalue weighted by Gasteiger charge is 2.41. The molecule has 5 heteroatoms. The molecule has 2 amide bonds. The maximum absolute atomic E-state index is 13.1. The maximum atomic E-state index is 13.1. The molecule has 0 bridgehead atoms. The van der Waals surface area contributed by atoms with Crippen molar-refractivity contribution in [3.63, 3.8) is 0 Å². The van der Waals surface area contributed by atoms with Crippen LogP contribution in [0.25, 0.3) is 0 Å². The van der Waals surface area contributed by atoms with Crippen molar-refractivity contribution in [2.45, 2.75) is 51.0 Å². The SMILES string of the molecule is Nc1cccc2c1CCCN2C(=O)C1CC(=O)N(C2CCCC2)C1. The van der Waals surface area contributed by atoms with Gasteiger partial charge < -0.3 is 15.5 Å². The number of rotatable bonds is 2. The van der Waals surface area contributed by atoms with Crippen molar-refractivity contribution in [3.05, 3.63) is 23.8 Å². The van der Waals surface area contributed by atoms with Gasteiger partial charge in [0.2, 0.25) is 11.8 Å². The summed E-state index contributed by atoms with van der Waals surface area (Å²) in [5.41, 5.74) is 8.87. The lowest BCUT2D eigenvalue weighted by molar-refractivity contribution is -0.130. The van der Waals surface area contributed by atoms with Crippen LogP contribution in [0.15, 0.2) is 18.2 Å². The zero-order valence-corrected chi connectivity index (χ0v) is 14.0. The van der Waals surface area contributed by atoms with E-state index in [1.165, 1.54) is 12.8 Å². The molecular formula is C19H25N3O2. The number of carbonyl (C=O) groups is 2. The Morgan fingerprint density at radius 3 is 2.75 bits per heavy atom. The van der Waals surface area contributed by atoms with E-state index in [2.05, 4.69) is 0 Å². The zero-order valence-electron chi connectivity index (χ0n) is 14.0. The predicted molar refractivity (Wildman–Crippen MR) is 93.6 cm³/mol. The number of carbonyl (C=O) groups excluding carboxylic acids is 2. The molecule has 3 aliphatic rings. The number of hydrogen-bond acceptors (Lipinski definition) is 3. The second-order valence-corrected chi connectivity index (χ2v) is 7.32. The van der Waals surface area contributed by atoms with Gasteiger partial charge in [0.25, 0.3) is 0 Å². The van der Waals surface area contributed by atoms with Gasteiger partial charge in [0.1, 0.15) is 0 Å². The molecule has 5 nitrogen and oxygen atoms in total. The summed E-state index contributed by atoms with van der Waals surface area (Å²) in [7, 11) is 0. The topological polar surface area (TPSA) is 66.6 Å². The lowest BCUT2D eigenvalue weighted by atomic mass is 9.97. The van der Waals surface area contributed by atoms with Gasteiger partial charge in [-0.2, -0.15) is 0 Å². The molecule has 2 heterocycles. The van der Waals surface area contributed by atoms with Crippen LogP contribution in [0.2, 0.25) is 0 Å². The fourth-order valence-corrected chi connectivity index (χ4v) is 4.57. The first-order chi connectivity index (χ1) is 11.6. The summed E-state index contributed by atoms with van der Waals surface area (Å²) >= 11 is 0. The number of fused-ring (bicyclic) bond motifs is 1. The molecule has 4 rings (SSSR count). The van der Waals surface area contributed by atoms with Crippen molar-refractivity contribution in [2.24, 2.45) is 5.92 Å². The quantitative estimate of drug-likeness (QED) is 0.848. The molecule has 2 fully saturated rings. The molecule has 1 aromatic carbocycles. The molecule has 24 heavy (non-hydrogen) atoms. The molecular weight excluding hydrogens is 302 g/mol. The van der Waals surface area contributed by atoms with Gasteiger partial charge in [-0.3, -0.25) is 9.59 Å². The van der Waals surface area contributed by atoms with E-state index in [0.29, 0.717) is 19.0 Å². The van der Waals surface area contributed by atoms with E-state index in [1.807, 2.05) is 28.0 Å². The summed E-state index contributed by atoms with van der Waals surface area (Å²) < 4.78 is 0. The monoisotopic (exact) mass is 327 g/mol. The molecule has 0 aromatic heterocycles. The number of nitrogen functional groups attached to an aromatic ring is 1. The van der Waals surface area contributed by atoms with E-state index >= 15 is 0 Å². The van der Waals surface area contributed by atoms with Gasteiger partial charge in [0.05, 0.1) is 5.92 Å². The van der Waals surface area contributed by atoms with E-state index in [-0.39, 0.29) is 17.7 Å². The fraction of sp³-hybridized carbons (Fsp3) is 0.579. The van der Waals surface area contributed by atoms with Crippen molar-refractivity contribution in [3.8, 4) is 0 Å². The number of anilines is 2. The molecule has 2 aliphatic heterocycles. The minimum Gasteiger partial charge on any atom is -0.398 e.